The predicted molar refractivity (Wildman–Crippen MR) is 127 cm³/mol. The third kappa shape index (κ3) is 4.66. The van der Waals surface area contributed by atoms with Crippen molar-refractivity contribution in [2.75, 3.05) is 17.3 Å². The number of thioether (sulfide) groups is 1. The lowest BCUT2D eigenvalue weighted by Crippen LogP contribution is -2.07. The molecule has 2 aromatic heterocycles. The highest BCUT2D eigenvalue weighted by molar-refractivity contribution is 7.99. The molecule has 0 saturated carbocycles. The summed E-state index contributed by atoms with van der Waals surface area (Å²) in [5.41, 5.74) is 6.62. The number of ketones is 1. The first kappa shape index (κ1) is 22.4. The molecule has 0 N–H and O–H groups in total. The minimum Gasteiger partial charge on any atom is -0.416 e. The normalized spacial score (nSPS) is 19.2. The van der Waals surface area contributed by atoms with E-state index in [2.05, 4.69) is 33.0 Å². The number of nitrogens with zero attached hydrogens (tertiary/aromatic N) is 3. The van der Waals surface area contributed by atoms with E-state index in [9.17, 15) is 13.2 Å². The van der Waals surface area contributed by atoms with E-state index in [0.717, 1.165) is 29.9 Å². The molecular formula is C24H27N3O4S2. The average Bonchev–Trinajstić information content (AvgIpc) is 3.54. The van der Waals surface area contributed by atoms with E-state index in [1.54, 1.807) is 0 Å². The number of aryl methyl sites for hydroxylation is 3. The van der Waals surface area contributed by atoms with E-state index in [4.69, 9.17) is 4.42 Å². The van der Waals surface area contributed by atoms with Crippen LogP contribution in [0.4, 0.5) is 0 Å². The van der Waals surface area contributed by atoms with Crippen molar-refractivity contribution in [2.24, 2.45) is 5.92 Å². The van der Waals surface area contributed by atoms with Gasteiger partial charge in [-0.1, -0.05) is 17.8 Å². The third-order valence-electron chi connectivity index (χ3n) is 6.64. The van der Waals surface area contributed by atoms with Crippen molar-refractivity contribution < 1.29 is 17.6 Å². The molecule has 1 aromatic carbocycles. The Morgan fingerprint density at radius 3 is 2.79 bits per heavy atom. The molecule has 3 aromatic rings. The summed E-state index contributed by atoms with van der Waals surface area (Å²) >= 11 is 1.22. The van der Waals surface area contributed by atoms with Gasteiger partial charge in [-0.3, -0.25) is 4.79 Å². The number of fused-ring (bicyclic) bond motifs is 1. The van der Waals surface area contributed by atoms with E-state index in [-0.39, 0.29) is 29.0 Å². The fourth-order valence-corrected chi connectivity index (χ4v) is 7.53. The topological polar surface area (TPSA) is 95.1 Å². The monoisotopic (exact) mass is 485 g/mol. The standard InChI is InChI=1S/C24H27N3O4S2/c1-15-10-21(16(2)27(15)20-7-6-18-4-3-5-19(18)12-20)22(28)13-32-24-26-25-23(31-24)11-17-8-9-33(29,30)14-17/h6-7,10,12,17H,3-5,8-9,11,13-14H2,1-2H3/t17-/m0/s1. The Morgan fingerprint density at radius 1 is 1.18 bits per heavy atom. The molecule has 0 bridgehead atoms. The van der Waals surface area contributed by atoms with Crippen LogP contribution < -0.4 is 0 Å². The van der Waals surface area contributed by atoms with E-state index in [1.807, 2.05) is 19.9 Å². The van der Waals surface area contributed by atoms with Crippen LogP contribution in [0.2, 0.25) is 0 Å². The van der Waals surface area contributed by atoms with Crippen LogP contribution in [0.15, 0.2) is 33.9 Å². The minimum atomic E-state index is -2.93. The Hall–Kier alpha value is -2.39. The fraction of sp³-hybridized carbons (Fsp3) is 0.458. The molecular weight excluding hydrogens is 458 g/mol. The Balaban J connectivity index is 1.25. The minimum absolute atomic E-state index is 0.0159. The molecule has 33 heavy (non-hydrogen) atoms. The molecule has 3 heterocycles. The first-order valence-corrected chi connectivity index (χ1v) is 14.1. The summed E-state index contributed by atoms with van der Waals surface area (Å²) in [6, 6.07) is 8.55. The van der Waals surface area contributed by atoms with Crippen LogP contribution in [-0.4, -0.2) is 46.2 Å². The quantitative estimate of drug-likeness (QED) is 0.370. The maximum absolute atomic E-state index is 13.0. The zero-order chi connectivity index (χ0) is 23.2. The van der Waals surface area contributed by atoms with E-state index >= 15 is 0 Å². The van der Waals surface area contributed by atoms with E-state index < -0.39 is 9.84 Å². The number of carbonyl (C=O) groups excluding carboxylic acids is 1. The van der Waals surface area contributed by atoms with Gasteiger partial charge in [-0.2, -0.15) is 0 Å². The van der Waals surface area contributed by atoms with Crippen LogP contribution in [0.3, 0.4) is 0 Å². The van der Waals surface area contributed by atoms with Gasteiger partial charge < -0.3 is 8.98 Å². The molecule has 0 radical (unpaired) electrons. The van der Waals surface area contributed by atoms with Crippen LogP contribution in [0.5, 0.6) is 0 Å². The van der Waals surface area contributed by atoms with Gasteiger partial charge in [0, 0.05) is 29.1 Å². The lowest BCUT2D eigenvalue weighted by Gasteiger charge is -2.12. The number of Topliss-reactive ketones (excluding diaryl/α,β-unsaturated/α-hetero) is 1. The molecule has 2 aliphatic rings. The molecule has 174 valence electrons. The van der Waals surface area contributed by atoms with Gasteiger partial charge in [0.2, 0.25) is 5.89 Å². The zero-order valence-electron chi connectivity index (χ0n) is 18.8. The van der Waals surface area contributed by atoms with Crippen molar-refractivity contribution in [1.82, 2.24) is 14.8 Å². The predicted octanol–water partition coefficient (Wildman–Crippen LogP) is 3.92. The molecule has 1 fully saturated rings. The second-order valence-electron chi connectivity index (χ2n) is 9.07. The van der Waals surface area contributed by atoms with Crippen molar-refractivity contribution in [2.45, 2.75) is 51.2 Å². The molecule has 9 heteroatoms. The van der Waals surface area contributed by atoms with Gasteiger partial charge in [0.25, 0.3) is 5.22 Å². The highest BCUT2D eigenvalue weighted by atomic mass is 32.2. The number of rotatable bonds is 7. The van der Waals surface area contributed by atoms with Crippen LogP contribution in [0, 0.1) is 19.8 Å². The zero-order valence-corrected chi connectivity index (χ0v) is 20.5. The Labute approximate surface area is 197 Å². The van der Waals surface area contributed by atoms with Crippen LogP contribution in [-0.2, 0) is 29.1 Å². The van der Waals surface area contributed by atoms with Crippen molar-refractivity contribution in [3.8, 4) is 5.69 Å². The first-order valence-electron chi connectivity index (χ1n) is 11.3. The van der Waals surface area contributed by atoms with Gasteiger partial charge in [0.15, 0.2) is 15.6 Å². The molecule has 5 rings (SSSR count). The second-order valence-corrected chi connectivity index (χ2v) is 12.2. The first-order chi connectivity index (χ1) is 15.8. The maximum atomic E-state index is 13.0. The van der Waals surface area contributed by atoms with Gasteiger partial charge in [-0.25, -0.2) is 8.42 Å². The summed E-state index contributed by atoms with van der Waals surface area (Å²) < 4.78 is 31.1. The summed E-state index contributed by atoms with van der Waals surface area (Å²) in [4.78, 5) is 13.0. The molecule has 1 aliphatic heterocycles. The van der Waals surface area contributed by atoms with E-state index in [0.29, 0.717) is 29.5 Å². The number of carbonyl (C=O) groups is 1. The van der Waals surface area contributed by atoms with Crippen molar-refractivity contribution in [3.63, 3.8) is 0 Å². The van der Waals surface area contributed by atoms with Crippen molar-refractivity contribution in [3.05, 3.63) is 58.2 Å². The molecule has 0 spiro atoms. The molecule has 1 aliphatic carbocycles. The van der Waals surface area contributed by atoms with Gasteiger partial charge in [-0.05, 0) is 74.8 Å². The number of hydrogen-bond donors (Lipinski definition) is 0. The number of hydrogen-bond acceptors (Lipinski definition) is 7. The largest absolute Gasteiger partial charge is 0.416 e. The Bertz CT molecular complexity index is 1320. The van der Waals surface area contributed by atoms with Gasteiger partial charge in [0.1, 0.15) is 0 Å². The average molecular weight is 486 g/mol. The lowest BCUT2D eigenvalue weighted by molar-refractivity contribution is 0.102. The summed E-state index contributed by atoms with van der Waals surface area (Å²) in [6.45, 7) is 4.01. The molecule has 7 nitrogen and oxygen atoms in total. The molecule has 1 atom stereocenters. The number of aromatic nitrogens is 3. The maximum Gasteiger partial charge on any atom is 0.277 e. The Kier molecular flexibility index (Phi) is 5.95. The SMILES string of the molecule is Cc1cc(C(=O)CSc2nnc(C[C@@H]3CCS(=O)(=O)C3)o2)c(C)n1-c1ccc2c(c1)CCC2. The smallest absolute Gasteiger partial charge is 0.277 e. The summed E-state index contributed by atoms with van der Waals surface area (Å²) in [5.74, 6) is 1.08. The molecule has 0 unspecified atom stereocenters. The fourth-order valence-electron chi connectivity index (χ4n) is 5.00. The highest BCUT2D eigenvalue weighted by Crippen LogP contribution is 2.29. The van der Waals surface area contributed by atoms with Crippen LogP contribution >= 0.6 is 11.8 Å². The summed E-state index contributed by atoms with van der Waals surface area (Å²) in [6.07, 6.45) is 4.57. The van der Waals surface area contributed by atoms with E-state index in [1.165, 1.54) is 29.3 Å². The summed E-state index contributed by atoms with van der Waals surface area (Å²) in [5, 5.41) is 8.40. The lowest BCUT2D eigenvalue weighted by atomic mass is 10.1. The molecule has 1 saturated heterocycles. The van der Waals surface area contributed by atoms with Gasteiger partial charge >= 0.3 is 0 Å². The third-order valence-corrected chi connectivity index (χ3v) is 9.29. The van der Waals surface area contributed by atoms with Crippen LogP contribution in [0.1, 0.15) is 51.6 Å². The van der Waals surface area contributed by atoms with Crippen molar-refractivity contribution >= 4 is 27.4 Å². The number of sulfone groups is 1. The highest BCUT2D eigenvalue weighted by Gasteiger charge is 2.29. The van der Waals surface area contributed by atoms with Gasteiger partial charge in [-0.15, -0.1) is 10.2 Å². The molecule has 0 amide bonds. The van der Waals surface area contributed by atoms with Crippen LogP contribution in [0.25, 0.3) is 5.69 Å². The Morgan fingerprint density at radius 2 is 2.00 bits per heavy atom. The van der Waals surface area contributed by atoms with Crippen molar-refractivity contribution in [1.29, 1.82) is 0 Å². The van der Waals surface area contributed by atoms with Gasteiger partial charge in [0.05, 0.1) is 17.3 Å². The second kappa shape index (κ2) is 8.76. The summed E-state index contributed by atoms with van der Waals surface area (Å²) in [7, 11) is -2.93. The number of benzene rings is 1.